The topological polar surface area (TPSA) is 149 Å². The van der Waals surface area contributed by atoms with Crippen LogP contribution < -0.4 is 5.32 Å². The van der Waals surface area contributed by atoms with Gasteiger partial charge in [-0.25, -0.2) is 0 Å². The number of hydrogen-bond donors (Lipinski definition) is 6. The van der Waals surface area contributed by atoms with Gasteiger partial charge in [0.1, 0.15) is 24.4 Å². The normalized spacial score (nSPS) is 20.5. The first-order chi connectivity index (χ1) is 29.8. The van der Waals surface area contributed by atoms with E-state index in [4.69, 9.17) is 9.47 Å². The van der Waals surface area contributed by atoms with Gasteiger partial charge < -0.3 is 40.3 Å². The van der Waals surface area contributed by atoms with Crippen LogP contribution in [0.2, 0.25) is 0 Å². The molecular weight excluding hydrogens is 767 g/mol. The van der Waals surface area contributed by atoms with Gasteiger partial charge in [0.25, 0.3) is 0 Å². The molecule has 0 aromatic carbocycles. The van der Waals surface area contributed by atoms with Crippen molar-refractivity contribution in [2.24, 2.45) is 0 Å². The third-order valence-corrected chi connectivity index (χ3v) is 12.5. The summed E-state index contributed by atoms with van der Waals surface area (Å²) in [5, 5.41) is 54.3. The van der Waals surface area contributed by atoms with Crippen molar-refractivity contribution < 1.29 is 39.8 Å². The minimum atomic E-state index is -1.57. The molecule has 1 heterocycles. The van der Waals surface area contributed by atoms with Crippen LogP contribution in [0.25, 0.3) is 0 Å². The van der Waals surface area contributed by atoms with Crippen LogP contribution in [0.4, 0.5) is 0 Å². The Labute approximate surface area is 375 Å². The summed E-state index contributed by atoms with van der Waals surface area (Å²) in [7, 11) is 0. The fourth-order valence-corrected chi connectivity index (χ4v) is 8.33. The molecule has 1 fully saturated rings. The molecule has 1 rings (SSSR count). The van der Waals surface area contributed by atoms with Crippen molar-refractivity contribution in [1.29, 1.82) is 0 Å². The van der Waals surface area contributed by atoms with Crippen LogP contribution in [0.1, 0.15) is 245 Å². The zero-order chi connectivity index (χ0) is 44.4. The Bertz CT molecular complexity index is 1010. The highest BCUT2D eigenvalue weighted by Gasteiger charge is 2.44. The Kier molecular flexibility index (Phi) is 40.3. The minimum Gasteiger partial charge on any atom is -0.394 e. The predicted octanol–water partition coefficient (Wildman–Crippen LogP) is 11.8. The van der Waals surface area contributed by atoms with Gasteiger partial charge in [-0.1, -0.05) is 218 Å². The smallest absolute Gasteiger partial charge is 0.220 e. The van der Waals surface area contributed by atoms with Gasteiger partial charge in [0, 0.05) is 6.42 Å². The molecule has 6 N–H and O–H groups in total. The van der Waals surface area contributed by atoms with E-state index >= 15 is 0 Å². The summed E-state index contributed by atoms with van der Waals surface area (Å²) in [6.45, 7) is 3.77. The lowest BCUT2D eigenvalue weighted by atomic mass is 9.99. The van der Waals surface area contributed by atoms with Crippen molar-refractivity contribution in [2.45, 2.75) is 288 Å². The molecule has 0 radical (unpaired) electrons. The predicted molar refractivity (Wildman–Crippen MR) is 253 cm³/mol. The van der Waals surface area contributed by atoms with Crippen LogP contribution in [0.3, 0.4) is 0 Å². The van der Waals surface area contributed by atoms with Crippen molar-refractivity contribution in [1.82, 2.24) is 5.32 Å². The summed E-state index contributed by atoms with van der Waals surface area (Å²) >= 11 is 0. The number of unbranched alkanes of at least 4 members (excludes halogenated alkanes) is 32. The molecule has 1 amide bonds. The van der Waals surface area contributed by atoms with E-state index < -0.39 is 49.5 Å². The van der Waals surface area contributed by atoms with E-state index in [1.165, 1.54) is 173 Å². The number of ether oxygens (including phenoxy) is 2. The molecule has 0 bridgehead atoms. The van der Waals surface area contributed by atoms with Crippen LogP contribution >= 0.6 is 0 Å². The Hall–Kier alpha value is -1.33. The number of allylic oxidation sites excluding steroid dienone is 3. The summed E-state index contributed by atoms with van der Waals surface area (Å²) in [4.78, 5) is 13.0. The molecule has 0 aromatic heterocycles. The maximum Gasteiger partial charge on any atom is 0.220 e. The fraction of sp³-hybridized carbons (Fsp3) is 0.904. The third-order valence-electron chi connectivity index (χ3n) is 12.5. The molecule has 0 aromatic rings. The van der Waals surface area contributed by atoms with Crippen LogP contribution in [-0.2, 0) is 14.3 Å². The van der Waals surface area contributed by atoms with E-state index in [1.807, 2.05) is 6.08 Å². The standard InChI is InChI=1S/C52H99NO8/c1-3-5-7-9-11-13-15-17-18-19-20-21-22-23-24-25-26-27-28-30-31-33-35-37-39-41-46(55)45(44-60-52-51(59)50(58)49(57)47(43-54)61-52)53-48(56)42-40-38-36-34-32-29-16-14-12-10-8-6-4-2/h29,32,39,41,45-47,49-52,54-55,57-59H,3-28,30-31,33-38,40,42-44H2,1-2H3,(H,53,56)/b32-29-,41-39+. The Balaban J connectivity index is 2.25. The summed E-state index contributed by atoms with van der Waals surface area (Å²) in [6.07, 6.45) is 45.3. The number of carbonyl (C=O) groups is 1. The van der Waals surface area contributed by atoms with Gasteiger partial charge in [-0.2, -0.15) is 0 Å². The first kappa shape index (κ1) is 57.7. The van der Waals surface area contributed by atoms with Crippen molar-refractivity contribution in [3.63, 3.8) is 0 Å². The fourth-order valence-electron chi connectivity index (χ4n) is 8.33. The van der Waals surface area contributed by atoms with Gasteiger partial charge in [0.15, 0.2) is 6.29 Å². The molecule has 7 atom stereocenters. The Morgan fingerprint density at radius 3 is 1.33 bits per heavy atom. The van der Waals surface area contributed by atoms with Gasteiger partial charge in [-0.05, 0) is 44.9 Å². The summed E-state index contributed by atoms with van der Waals surface area (Å²) in [5.41, 5.74) is 0. The Morgan fingerprint density at radius 1 is 0.541 bits per heavy atom. The molecule has 0 saturated carbocycles. The molecule has 0 spiro atoms. The third kappa shape index (κ3) is 32.9. The van der Waals surface area contributed by atoms with Crippen LogP contribution in [0.15, 0.2) is 24.3 Å². The summed E-state index contributed by atoms with van der Waals surface area (Å²) in [5.74, 6) is -0.191. The molecular formula is C52H99NO8. The summed E-state index contributed by atoms with van der Waals surface area (Å²) < 4.78 is 11.2. The second kappa shape index (κ2) is 42.6. The average Bonchev–Trinajstić information content (AvgIpc) is 3.26. The molecule has 1 saturated heterocycles. The van der Waals surface area contributed by atoms with E-state index in [0.717, 1.165) is 51.4 Å². The molecule has 1 aliphatic rings. The Morgan fingerprint density at radius 2 is 0.918 bits per heavy atom. The SMILES string of the molecule is CCCCCCCC/C=C\CCCCCC(=O)NC(COC1OC(CO)C(O)C(O)C1O)C(O)/C=C/CCCCCCCCCCCCCCCCCCCCCCCCC. The molecule has 360 valence electrons. The van der Waals surface area contributed by atoms with Gasteiger partial charge in [-0.15, -0.1) is 0 Å². The number of aliphatic hydroxyl groups excluding tert-OH is 5. The van der Waals surface area contributed by atoms with E-state index in [2.05, 4.69) is 31.3 Å². The molecule has 0 aliphatic carbocycles. The number of aliphatic hydroxyl groups is 5. The first-order valence-electron chi connectivity index (χ1n) is 26.1. The second-order valence-electron chi connectivity index (χ2n) is 18.3. The molecule has 7 unspecified atom stereocenters. The van der Waals surface area contributed by atoms with E-state index in [-0.39, 0.29) is 12.5 Å². The van der Waals surface area contributed by atoms with Crippen LogP contribution in [0.5, 0.6) is 0 Å². The molecule has 9 heteroatoms. The van der Waals surface area contributed by atoms with Gasteiger partial charge in [0.05, 0.1) is 25.4 Å². The minimum absolute atomic E-state index is 0.191. The number of hydrogen-bond acceptors (Lipinski definition) is 8. The highest BCUT2D eigenvalue weighted by atomic mass is 16.7. The lowest BCUT2D eigenvalue weighted by Crippen LogP contribution is -2.60. The zero-order valence-electron chi connectivity index (χ0n) is 39.7. The van der Waals surface area contributed by atoms with E-state index in [1.54, 1.807) is 6.08 Å². The van der Waals surface area contributed by atoms with Crippen molar-refractivity contribution in [2.75, 3.05) is 13.2 Å². The maximum absolute atomic E-state index is 13.0. The van der Waals surface area contributed by atoms with Crippen molar-refractivity contribution >= 4 is 5.91 Å². The largest absolute Gasteiger partial charge is 0.394 e. The van der Waals surface area contributed by atoms with Gasteiger partial charge in [-0.3, -0.25) is 4.79 Å². The van der Waals surface area contributed by atoms with E-state index in [9.17, 15) is 30.3 Å². The molecule has 61 heavy (non-hydrogen) atoms. The lowest BCUT2D eigenvalue weighted by Gasteiger charge is -2.40. The number of amides is 1. The molecule has 1 aliphatic heterocycles. The molecule has 9 nitrogen and oxygen atoms in total. The van der Waals surface area contributed by atoms with Gasteiger partial charge in [0.2, 0.25) is 5.91 Å². The highest BCUT2D eigenvalue weighted by molar-refractivity contribution is 5.76. The highest BCUT2D eigenvalue weighted by Crippen LogP contribution is 2.23. The number of carbonyl (C=O) groups excluding carboxylic acids is 1. The van der Waals surface area contributed by atoms with Crippen molar-refractivity contribution in [3.05, 3.63) is 24.3 Å². The second-order valence-corrected chi connectivity index (χ2v) is 18.3. The number of nitrogens with one attached hydrogen (secondary N) is 1. The van der Waals surface area contributed by atoms with E-state index in [0.29, 0.717) is 6.42 Å². The summed E-state index contributed by atoms with van der Waals surface area (Å²) in [6, 6.07) is -0.810. The van der Waals surface area contributed by atoms with Crippen molar-refractivity contribution in [3.8, 4) is 0 Å². The lowest BCUT2D eigenvalue weighted by molar-refractivity contribution is -0.302. The van der Waals surface area contributed by atoms with Crippen LogP contribution in [-0.4, -0.2) is 87.5 Å². The quantitative estimate of drug-likeness (QED) is 0.0262. The first-order valence-corrected chi connectivity index (χ1v) is 26.1. The zero-order valence-corrected chi connectivity index (χ0v) is 39.7. The van der Waals surface area contributed by atoms with Gasteiger partial charge >= 0.3 is 0 Å². The number of rotatable bonds is 44. The van der Waals surface area contributed by atoms with Crippen LogP contribution in [0, 0.1) is 0 Å². The monoisotopic (exact) mass is 866 g/mol. The average molecular weight is 866 g/mol. The maximum atomic E-state index is 13.0.